The van der Waals surface area contributed by atoms with Gasteiger partial charge in [-0.05, 0) is 23.4 Å². The fraction of sp³-hybridized carbons (Fsp3) is 0.300. The molecule has 2 N–H and O–H groups in total. The van der Waals surface area contributed by atoms with Crippen LogP contribution in [0.2, 0.25) is 0 Å². The zero-order chi connectivity index (χ0) is 14.0. The molecule has 2 rings (SSSR count). The highest BCUT2D eigenvalue weighted by molar-refractivity contribution is 7.99. The smallest absolute Gasteiger partial charge is 0.416 e. The van der Waals surface area contributed by atoms with E-state index >= 15 is 0 Å². The van der Waals surface area contributed by atoms with Gasteiger partial charge in [-0.2, -0.15) is 13.2 Å². The Labute approximate surface area is 110 Å². The van der Waals surface area contributed by atoms with E-state index in [1.807, 2.05) is 0 Å². The summed E-state index contributed by atoms with van der Waals surface area (Å²) >= 11 is 0.859. The molecule has 0 aromatic carbocycles. The Bertz CT molecular complexity index is 584. The van der Waals surface area contributed by atoms with Crippen LogP contribution in [0, 0.1) is 6.92 Å². The summed E-state index contributed by atoms with van der Waals surface area (Å²) in [6.45, 7) is 1.65. The number of pyridine rings is 1. The third-order valence-electron chi connectivity index (χ3n) is 2.14. The fourth-order valence-corrected chi connectivity index (χ4v) is 2.11. The molecular formula is C10H9F3N4OS. The highest BCUT2D eigenvalue weighted by Gasteiger charge is 2.33. The molecule has 0 aliphatic carbocycles. The number of rotatable bonds is 3. The van der Waals surface area contributed by atoms with Crippen LogP contribution in [-0.2, 0) is 12.7 Å². The standard InChI is InChI=1S/C10H9F3N4OS/c1-5-16-17-9(18-5)19-8-6(4-14)2-3-7(15-8)10(11,12)13/h2-3H,4,14H2,1H3. The molecule has 0 bridgehead atoms. The van der Waals surface area contributed by atoms with Crippen molar-refractivity contribution in [3.63, 3.8) is 0 Å². The topological polar surface area (TPSA) is 77.8 Å². The maximum absolute atomic E-state index is 12.6. The van der Waals surface area contributed by atoms with Crippen LogP contribution in [0.5, 0.6) is 0 Å². The lowest BCUT2D eigenvalue weighted by atomic mass is 10.2. The second-order valence-corrected chi connectivity index (χ2v) is 4.49. The molecule has 9 heteroatoms. The molecule has 0 aliphatic rings. The summed E-state index contributed by atoms with van der Waals surface area (Å²) in [7, 11) is 0. The van der Waals surface area contributed by atoms with E-state index in [2.05, 4.69) is 15.2 Å². The van der Waals surface area contributed by atoms with E-state index in [9.17, 15) is 13.2 Å². The molecule has 0 saturated carbocycles. The van der Waals surface area contributed by atoms with E-state index in [1.165, 1.54) is 6.07 Å². The first kappa shape index (κ1) is 13.8. The molecule has 0 unspecified atom stereocenters. The Kier molecular flexibility index (Phi) is 3.76. The summed E-state index contributed by atoms with van der Waals surface area (Å²) in [6, 6.07) is 2.19. The van der Waals surface area contributed by atoms with Crippen LogP contribution in [0.3, 0.4) is 0 Å². The molecule has 0 saturated heterocycles. The Morgan fingerprint density at radius 1 is 1.32 bits per heavy atom. The van der Waals surface area contributed by atoms with E-state index in [1.54, 1.807) is 6.92 Å². The molecule has 5 nitrogen and oxygen atoms in total. The normalized spacial score (nSPS) is 11.8. The minimum atomic E-state index is -4.51. The zero-order valence-corrected chi connectivity index (χ0v) is 10.5. The molecule has 0 aliphatic heterocycles. The van der Waals surface area contributed by atoms with Gasteiger partial charge in [0.2, 0.25) is 5.89 Å². The lowest BCUT2D eigenvalue weighted by Gasteiger charge is -2.09. The first-order valence-electron chi connectivity index (χ1n) is 5.15. The average Bonchev–Trinajstić information content (AvgIpc) is 2.73. The monoisotopic (exact) mass is 290 g/mol. The molecule has 2 aromatic heterocycles. The van der Waals surface area contributed by atoms with Crippen molar-refractivity contribution >= 4 is 11.8 Å². The van der Waals surface area contributed by atoms with Crippen molar-refractivity contribution in [3.05, 3.63) is 29.3 Å². The van der Waals surface area contributed by atoms with E-state index in [-0.39, 0.29) is 16.8 Å². The minimum Gasteiger partial charge on any atom is -0.416 e. The highest BCUT2D eigenvalue weighted by Crippen LogP contribution is 2.33. The Morgan fingerprint density at radius 3 is 2.58 bits per heavy atom. The van der Waals surface area contributed by atoms with Crippen LogP contribution < -0.4 is 5.73 Å². The summed E-state index contributed by atoms with van der Waals surface area (Å²) in [5.74, 6) is 0.323. The highest BCUT2D eigenvalue weighted by atomic mass is 32.2. The third-order valence-corrected chi connectivity index (χ3v) is 3.03. The van der Waals surface area contributed by atoms with E-state index < -0.39 is 11.9 Å². The maximum Gasteiger partial charge on any atom is 0.433 e. The molecule has 2 heterocycles. The van der Waals surface area contributed by atoms with Crippen molar-refractivity contribution in [2.75, 3.05) is 0 Å². The molecule has 19 heavy (non-hydrogen) atoms. The molecule has 0 radical (unpaired) electrons. The van der Waals surface area contributed by atoms with Gasteiger partial charge >= 0.3 is 6.18 Å². The summed E-state index contributed by atoms with van der Waals surface area (Å²) in [6.07, 6.45) is -4.51. The average molecular weight is 290 g/mol. The number of halogens is 3. The third kappa shape index (κ3) is 3.24. The van der Waals surface area contributed by atoms with Crippen LogP contribution in [0.25, 0.3) is 0 Å². The molecule has 2 aromatic rings. The first-order chi connectivity index (χ1) is 8.90. The van der Waals surface area contributed by atoms with Gasteiger partial charge in [0.1, 0.15) is 10.7 Å². The first-order valence-corrected chi connectivity index (χ1v) is 5.97. The van der Waals surface area contributed by atoms with Crippen LogP contribution in [0.4, 0.5) is 13.2 Å². The van der Waals surface area contributed by atoms with Crippen molar-refractivity contribution in [3.8, 4) is 0 Å². The number of aromatic nitrogens is 3. The van der Waals surface area contributed by atoms with Crippen LogP contribution in [-0.4, -0.2) is 15.2 Å². The Morgan fingerprint density at radius 2 is 2.05 bits per heavy atom. The van der Waals surface area contributed by atoms with Crippen LogP contribution in [0.1, 0.15) is 17.1 Å². The minimum absolute atomic E-state index is 0.0700. The number of nitrogens with zero attached hydrogens (tertiary/aromatic N) is 3. The summed E-state index contributed by atoms with van der Waals surface area (Å²) in [5, 5.41) is 7.52. The lowest BCUT2D eigenvalue weighted by Crippen LogP contribution is -2.10. The molecule has 0 fully saturated rings. The Hall–Kier alpha value is -1.61. The number of aryl methyl sites for hydroxylation is 1. The van der Waals surface area contributed by atoms with Gasteiger partial charge in [-0.15, -0.1) is 10.2 Å². The predicted molar refractivity (Wildman–Crippen MR) is 60.3 cm³/mol. The van der Waals surface area contributed by atoms with E-state index in [4.69, 9.17) is 10.2 Å². The van der Waals surface area contributed by atoms with Crippen LogP contribution in [0.15, 0.2) is 26.8 Å². The quantitative estimate of drug-likeness (QED) is 0.935. The van der Waals surface area contributed by atoms with Crippen molar-refractivity contribution in [1.82, 2.24) is 15.2 Å². The Balaban J connectivity index is 2.36. The SMILES string of the molecule is Cc1nnc(Sc2nc(C(F)(F)F)ccc2CN)o1. The van der Waals surface area contributed by atoms with Gasteiger partial charge in [-0.3, -0.25) is 0 Å². The zero-order valence-electron chi connectivity index (χ0n) is 9.73. The maximum atomic E-state index is 12.6. The number of alkyl halides is 3. The number of nitrogens with two attached hydrogens (primary N) is 1. The van der Waals surface area contributed by atoms with Gasteiger partial charge < -0.3 is 10.2 Å². The van der Waals surface area contributed by atoms with Crippen molar-refractivity contribution in [1.29, 1.82) is 0 Å². The van der Waals surface area contributed by atoms with Gasteiger partial charge in [-0.25, -0.2) is 4.98 Å². The van der Waals surface area contributed by atoms with E-state index in [0.29, 0.717) is 11.5 Å². The van der Waals surface area contributed by atoms with Gasteiger partial charge in [-0.1, -0.05) is 6.07 Å². The van der Waals surface area contributed by atoms with Crippen molar-refractivity contribution < 1.29 is 17.6 Å². The molecule has 0 spiro atoms. The van der Waals surface area contributed by atoms with E-state index in [0.717, 1.165) is 17.8 Å². The molecule has 102 valence electrons. The predicted octanol–water partition coefficient (Wildman–Crippen LogP) is 2.40. The van der Waals surface area contributed by atoms with Gasteiger partial charge in [0, 0.05) is 13.5 Å². The molecule has 0 amide bonds. The summed E-state index contributed by atoms with van der Waals surface area (Å²) in [4.78, 5) is 3.55. The second-order valence-electron chi connectivity index (χ2n) is 3.55. The number of hydrogen-bond acceptors (Lipinski definition) is 6. The van der Waals surface area contributed by atoms with Gasteiger partial charge in [0.15, 0.2) is 0 Å². The second kappa shape index (κ2) is 5.17. The van der Waals surface area contributed by atoms with Crippen LogP contribution >= 0.6 is 11.8 Å². The molecule has 0 atom stereocenters. The fourth-order valence-electron chi connectivity index (χ4n) is 1.27. The largest absolute Gasteiger partial charge is 0.433 e. The molecular weight excluding hydrogens is 281 g/mol. The lowest BCUT2D eigenvalue weighted by molar-refractivity contribution is -0.141. The van der Waals surface area contributed by atoms with Crippen molar-refractivity contribution in [2.45, 2.75) is 29.9 Å². The van der Waals surface area contributed by atoms with Crippen molar-refractivity contribution in [2.24, 2.45) is 5.73 Å². The summed E-state index contributed by atoms with van der Waals surface area (Å²) < 4.78 is 42.9. The summed E-state index contributed by atoms with van der Waals surface area (Å²) in [5.41, 5.74) is 4.96. The van der Waals surface area contributed by atoms with Gasteiger partial charge in [0.25, 0.3) is 5.22 Å². The van der Waals surface area contributed by atoms with Gasteiger partial charge in [0.05, 0.1) is 0 Å². The number of hydrogen-bond donors (Lipinski definition) is 1.